The normalized spacial score (nSPS) is 16.1. The molecule has 1 aliphatic rings. The Kier molecular flexibility index (Phi) is 5.48. The summed E-state index contributed by atoms with van der Waals surface area (Å²) in [6, 6.07) is 7.30. The van der Waals surface area contributed by atoms with Crippen molar-refractivity contribution in [1.82, 2.24) is 5.32 Å². The second-order valence-electron chi connectivity index (χ2n) is 4.46. The van der Waals surface area contributed by atoms with Crippen LogP contribution in [0.5, 0.6) is 5.75 Å². The van der Waals surface area contributed by atoms with Gasteiger partial charge in [0.2, 0.25) is 5.91 Å². The van der Waals surface area contributed by atoms with Gasteiger partial charge < -0.3 is 14.8 Å². The van der Waals surface area contributed by atoms with Gasteiger partial charge in [-0.1, -0.05) is 23.7 Å². The van der Waals surface area contributed by atoms with Crippen LogP contribution in [0.15, 0.2) is 24.3 Å². The van der Waals surface area contributed by atoms with Crippen LogP contribution in [0.1, 0.15) is 12.8 Å². The van der Waals surface area contributed by atoms with Crippen molar-refractivity contribution in [2.45, 2.75) is 12.8 Å². The summed E-state index contributed by atoms with van der Waals surface area (Å²) < 4.78 is 10.7. The SMILES string of the molecule is O=C(NCCOc1ccccc1Cl)C1CCOCC1. The molecule has 0 aromatic heterocycles. The number of ether oxygens (including phenoxy) is 2. The number of hydrogen-bond donors (Lipinski definition) is 1. The lowest BCUT2D eigenvalue weighted by molar-refractivity contribution is -0.127. The van der Waals surface area contributed by atoms with Crippen LogP contribution in [0, 0.1) is 5.92 Å². The molecule has 5 heteroatoms. The van der Waals surface area contributed by atoms with Gasteiger partial charge >= 0.3 is 0 Å². The summed E-state index contributed by atoms with van der Waals surface area (Å²) in [5.41, 5.74) is 0. The predicted molar refractivity (Wildman–Crippen MR) is 73.5 cm³/mol. The standard InChI is InChI=1S/C14H18ClNO3/c15-12-3-1-2-4-13(12)19-10-7-16-14(17)11-5-8-18-9-6-11/h1-4,11H,5-10H2,(H,16,17). The van der Waals surface area contributed by atoms with Crippen LogP contribution in [0.25, 0.3) is 0 Å². The topological polar surface area (TPSA) is 47.6 Å². The fourth-order valence-electron chi connectivity index (χ4n) is 2.00. The van der Waals surface area contributed by atoms with Crippen LogP contribution in [0.2, 0.25) is 5.02 Å². The third-order valence-corrected chi connectivity index (χ3v) is 3.40. The van der Waals surface area contributed by atoms with Crippen molar-refractivity contribution >= 4 is 17.5 Å². The molecule has 0 saturated carbocycles. The number of carbonyl (C=O) groups excluding carboxylic acids is 1. The van der Waals surface area contributed by atoms with Gasteiger partial charge in [-0.15, -0.1) is 0 Å². The first-order chi connectivity index (χ1) is 9.27. The van der Waals surface area contributed by atoms with E-state index in [9.17, 15) is 4.79 Å². The van der Waals surface area contributed by atoms with Crippen molar-refractivity contribution in [1.29, 1.82) is 0 Å². The van der Waals surface area contributed by atoms with E-state index in [4.69, 9.17) is 21.1 Å². The van der Waals surface area contributed by atoms with Crippen LogP contribution in [0.4, 0.5) is 0 Å². The monoisotopic (exact) mass is 283 g/mol. The van der Waals surface area contributed by atoms with E-state index in [-0.39, 0.29) is 11.8 Å². The Bertz CT molecular complexity index is 419. The molecular formula is C14H18ClNO3. The average Bonchev–Trinajstić information content (AvgIpc) is 2.46. The van der Waals surface area contributed by atoms with Gasteiger partial charge in [0, 0.05) is 19.1 Å². The summed E-state index contributed by atoms with van der Waals surface area (Å²) in [4.78, 5) is 11.8. The van der Waals surface area contributed by atoms with Crippen molar-refractivity contribution in [3.63, 3.8) is 0 Å². The van der Waals surface area contributed by atoms with Crippen molar-refractivity contribution < 1.29 is 14.3 Å². The molecule has 104 valence electrons. The molecule has 1 amide bonds. The summed E-state index contributed by atoms with van der Waals surface area (Å²) in [7, 11) is 0. The van der Waals surface area contributed by atoms with Gasteiger partial charge in [-0.25, -0.2) is 0 Å². The van der Waals surface area contributed by atoms with E-state index in [0.717, 1.165) is 12.8 Å². The first-order valence-corrected chi connectivity index (χ1v) is 6.88. The molecule has 0 unspecified atom stereocenters. The summed E-state index contributed by atoms with van der Waals surface area (Å²) in [6.07, 6.45) is 1.61. The van der Waals surface area contributed by atoms with E-state index in [1.165, 1.54) is 0 Å². The molecule has 1 aromatic carbocycles. The molecule has 0 aliphatic carbocycles. The van der Waals surface area contributed by atoms with Crippen LogP contribution in [-0.2, 0) is 9.53 Å². The van der Waals surface area contributed by atoms with E-state index >= 15 is 0 Å². The number of halogens is 1. The zero-order chi connectivity index (χ0) is 13.5. The van der Waals surface area contributed by atoms with Crippen molar-refractivity contribution in [3.8, 4) is 5.75 Å². The van der Waals surface area contributed by atoms with Gasteiger partial charge in [0.1, 0.15) is 12.4 Å². The third-order valence-electron chi connectivity index (χ3n) is 3.09. The summed E-state index contributed by atoms with van der Waals surface area (Å²) in [6.45, 7) is 2.25. The highest BCUT2D eigenvalue weighted by Crippen LogP contribution is 2.22. The van der Waals surface area contributed by atoms with Crippen LogP contribution >= 0.6 is 11.6 Å². The average molecular weight is 284 g/mol. The predicted octanol–water partition coefficient (Wildman–Crippen LogP) is 2.26. The molecule has 19 heavy (non-hydrogen) atoms. The summed E-state index contributed by atoms with van der Waals surface area (Å²) in [5, 5.41) is 3.46. The molecule has 1 fully saturated rings. The maximum absolute atomic E-state index is 11.8. The van der Waals surface area contributed by atoms with Gasteiger partial charge in [-0.05, 0) is 25.0 Å². The Balaban J connectivity index is 1.66. The number of rotatable bonds is 5. The maximum Gasteiger partial charge on any atom is 0.223 e. The number of benzene rings is 1. The molecule has 1 aromatic rings. The highest BCUT2D eigenvalue weighted by molar-refractivity contribution is 6.32. The first kappa shape index (κ1) is 14.2. The number of nitrogens with one attached hydrogen (secondary N) is 1. The van der Waals surface area contributed by atoms with Gasteiger partial charge in [0.15, 0.2) is 0 Å². The van der Waals surface area contributed by atoms with Crippen molar-refractivity contribution in [2.75, 3.05) is 26.4 Å². The summed E-state index contributed by atoms with van der Waals surface area (Å²) in [5.74, 6) is 0.810. The molecule has 2 rings (SSSR count). The maximum atomic E-state index is 11.8. The number of amides is 1. The lowest BCUT2D eigenvalue weighted by Gasteiger charge is -2.21. The number of para-hydroxylation sites is 1. The van der Waals surface area contributed by atoms with Gasteiger partial charge in [0.05, 0.1) is 11.6 Å². The van der Waals surface area contributed by atoms with E-state index in [1.54, 1.807) is 6.07 Å². The van der Waals surface area contributed by atoms with Crippen molar-refractivity contribution in [2.24, 2.45) is 5.92 Å². The quantitative estimate of drug-likeness (QED) is 0.843. The van der Waals surface area contributed by atoms with E-state index in [2.05, 4.69) is 5.32 Å². The van der Waals surface area contributed by atoms with E-state index in [1.807, 2.05) is 18.2 Å². The smallest absolute Gasteiger partial charge is 0.223 e. The molecule has 0 spiro atoms. The highest BCUT2D eigenvalue weighted by atomic mass is 35.5. The molecule has 1 N–H and O–H groups in total. The molecular weight excluding hydrogens is 266 g/mol. The lowest BCUT2D eigenvalue weighted by Crippen LogP contribution is -2.36. The Morgan fingerprint density at radius 2 is 2.11 bits per heavy atom. The largest absolute Gasteiger partial charge is 0.490 e. The fraction of sp³-hybridized carbons (Fsp3) is 0.500. The zero-order valence-electron chi connectivity index (χ0n) is 10.7. The highest BCUT2D eigenvalue weighted by Gasteiger charge is 2.20. The summed E-state index contributed by atoms with van der Waals surface area (Å²) >= 11 is 5.96. The molecule has 1 saturated heterocycles. The van der Waals surface area contributed by atoms with Crippen molar-refractivity contribution in [3.05, 3.63) is 29.3 Å². The zero-order valence-corrected chi connectivity index (χ0v) is 11.5. The molecule has 4 nitrogen and oxygen atoms in total. The second kappa shape index (κ2) is 7.36. The Labute approximate surface area is 118 Å². The third kappa shape index (κ3) is 4.40. The van der Waals surface area contributed by atoms with Gasteiger partial charge in [-0.3, -0.25) is 4.79 Å². The fourth-order valence-corrected chi connectivity index (χ4v) is 2.19. The number of carbonyl (C=O) groups is 1. The Morgan fingerprint density at radius 3 is 2.84 bits per heavy atom. The van der Waals surface area contributed by atoms with Crippen LogP contribution in [0.3, 0.4) is 0 Å². The minimum atomic E-state index is 0.0778. The molecule has 1 aliphatic heterocycles. The van der Waals surface area contributed by atoms with Crippen LogP contribution in [-0.4, -0.2) is 32.3 Å². The van der Waals surface area contributed by atoms with Gasteiger partial charge in [-0.2, -0.15) is 0 Å². The lowest BCUT2D eigenvalue weighted by atomic mass is 9.99. The molecule has 1 heterocycles. The van der Waals surface area contributed by atoms with Gasteiger partial charge in [0.25, 0.3) is 0 Å². The molecule has 0 atom stereocenters. The molecule has 0 bridgehead atoms. The Morgan fingerprint density at radius 1 is 1.37 bits per heavy atom. The number of hydrogen-bond acceptors (Lipinski definition) is 3. The molecule has 0 radical (unpaired) electrons. The first-order valence-electron chi connectivity index (χ1n) is 6.50. The van der Waals surface area contributed by atoms with E-state index in [0.29, 0.717) is 37.1 Å². The minimum Gasteiger partial charge on any atom is -0.490 e. The second-order valence-corrected chi connectivity index (χ2v) is 4.86. The minimum absolute atomic E-state index is 0.0778. The Hall–Kier alpha value is -1.26. The van der Waals surface area contributed by atoms with Crippen LogP contribution < -0.4 is 10.1 Å². The van der Waals surface area contributed by atoms with E-state index < -0.39 is 0 Å².